The van der Waals surface area contributed by atoms with E-state index < -0.39 is 46.6 Å². The van der Waals surface area contributed by atoms with Crippen LogP contribution in [-0.4, -0.2) is 53.4 Å². The van der Waals surface area contributed by atoms with Gasteiger partial charge in [0.05, 0.1) is 12.5 Å². The SMILES string of the molecule is C[C@@H]1C(=O)OC2CC3(C)C4(CCO)CCCOC(=O)C3(OC4O)C21. The minimum atomic E-state index is -1.40. The Kier molecular flexibility index (Phi) is 3.34. The van der Waals surface area contributed by atoms with Crippen molar-refractivity contribution in [2.45, 2.75) is 57.5 Å². The van der Waals surface area contributed by atoms with E-state index in [1.54, 1.807) is 6.92 Å². The lowest BCUT2D eigenvalue weighted by molar-refractivity contribution is -0.207. The van der Waals surface area contributed by atoms with E-state index in [0.717, 1.165) is 0 Å². The van der Waals surface area contributed by atoms with Gasteiger partial charge in [0.15, 0.2) is 11.9 Å². The standard InChI is InChI=1S/C17H24O7/c1-9-11-10(23-12(9)19)8-15(2)16(5-6-18)4-3-7-22-14(21)17(11,15)24-13(16)20/h9-11,13,18,20H,3-8H2,1-2H3/t9-,10?,11?,13?,15?,16?,17?/m0/s1. The minimum absolute atomic E-state index is 0.105. The lowest BCUT2D eigenvalue weighted by Gasteiger charge is -2.47. The van der Waals surface area contributed by atoms with Gasteiger partial charge in [0, 0.05) is 23.4 Å². The van der Waals surface area contributed by atoms with Crippen molar-refractivity contribution in [1.82, 2.24) is 0 Å². The molecular formula is C17H24O7. The van der Waals surface area contributed by atoms with Crippen LogP contribution in [0.1, 0.15) is 39.5 Å². The summed E-state index contributed by atoms with van der Waals surface area (Å²) < 4.78 is 17.0. The molecule has 4 aliphatic rings. The van der Waals surface area contributed by atoms with Crippen molar-refractivity contribution in [3.63, 3.8) is 0 Å². The molecule has 6 unspecified atom stereocenters. The fourth-order valence-electron chi connectivity index (χ4n) is 6.04. The Balaban J connectivity index is 1.92. The highest BCUT2D eigenvalue weighted by molar-refractivity contribution is 5.86. The zero-order valence-corrected chi connectivity index (χ0v) is 14.0. The Morgan fingerprint density at radius 2 is 2.08 bits per heavy atom. The van der Waals surface area contributed by atoms with E-state index in [-0.39, 0.29) is 19.2 Å². The molecule has 4 fully saturated rings. The number of hydrogen-bond donors (Lipinski definition) is 2. The quantitative estimate of drug-likeness (QED) is 0.700. The first-order valence-electron chi connectivity index (χ1n) is 8.68. The van der Waals surface area contributed by atoms with E-state index in [0.29, 0.717) is 25.7 Å². The van der Waals surface area contributed by atoms with Gasteiger partial charge in [-0.2, -0.15) is 0 Å². The number of carbonyl (C=O) groups is 2. The number of aliphatic hydroxyl groups excluding tert-OH is 2. The summed E-state index contributed by atoms with van der Waals surface area (Å²) >= 11 is 0. The van der Waals surface area contributed by atoms with Crippen LogP contribution in [0.3, 0.4) is 0 Å². The maximum Gasteiger partial charge on any atom is 0.339 e. The second-order valence-corrected chi connectivity index (χ2v) is 7.90. The highest BCUT2D eigenvalue weighted by Gasteiger charge is 2.83. The predicted molar refractivity (Wildman–Crippen MR) is 79.4 cm³/mol. The lowest BCUT2D eigenvalue weighted by atomic mass is 9.54. The van der Waals surface area contributed by atoms with Crippen LogP contribution in [0.15, 0.2) is 0 Å². The molecule has 7 atom stereocenters. The molecule has 0 aromatic heterocycles. The molecule has 3 aliphatic heterocycles. The minimum Gasteiger partial charge on any atom is -0.464 e. The molecule has 0 radical (unpaired) electrons. The second-order valence-electron chi connectivity index (χ2n) is 7.90. The predicted octanol–water partition coefficient (Wildman–Crippen LogP) is 0.367. The topological polar surface area (TPSA) is 102 Å². The largest absolute Gasteiger partial charge is 0.464 e. The van der Waals surface area contributed by atoms with E-state index in [9.17, 15) is 19.8 Å². The maximum atomic E-state index is 13.0. The zero-order valence-electron chi connectivity index (χ0n) is 14.0. The van der Waals surface area contributed by atoms with Crippen LogP contribution in [0.4, 0.5) is 0 Å². The van der Waals surface area contributed by atoms with Gasteiger partial charge in [-0.1, -0.05) is 13.8 Å². The fraction of sp³-hybridized carbons (Fsp3) is 0.882. The first-order chi connectivity index (χ1) is 11.3. The third-order valence-corrected chi connectivity index (χ3v) is 7.21. The molecule has 134 valence electrons. The van der Waals surface area contributed by atoms with Gasteiger partial charge >= 0.3 is 11.9 Å². The Labute approximate surface area is 140 Å². The number of rotatable bonds is 2. The normalized spacial score (nSPS) is 53.0. The van der Waals surface area contributed by atoms with Crippen LogP contribution in [0, 0.1) is 22.7 Å². The molecule has 7 heteroatoms. The van der Waals surface area contributed by atoms with Crippen LogP contribution in [0.2, 0.25) is 0 Å². The molecule has 0 amide bonds. The first-order valence-corrected chi connectivity index (χ1v) is 8.68. The van der Waals surface area contributed by atoms with Crippen LogP contribution in [-0.2, 0) is 23.8 Å². The monoisotopic (exact) mass is 340 g/mol. The van der Waals surface area contributed by atoms with Gasteiger partial charge in [-0.05, 0) is 25.7 Å². The maximum absolute atomic E-state index is 13.0. The summed E-state index contributed by atoms with van der Waals surface area (Å²) in [7, 11) is 0. The number of esters is 2. The number of ether oxygens (including phenoxy) is 3. The van der Waals surface area contributed by atoms with Crippen molar-refractivity contribution >= 4 is 11.9 Å². The molecule has 0 spiro atoms. The number of fused-ring (bicyclic) bond motifs is 1. The van der Waals surface area contributed by atoms with Gasteiger partial charge < -0.3 is 24.4 Å². The van der Waals surface area contributed by atoms with Crippen molar-refractivity contribution in [2.24, 2.45) is 22.7 Å². The summed E-state index contributed by atoms with van der Waals surface area (Å²) in [5.41, 5.74) is -2.92. The van der Waals surface area contributed by atoms with Crippen LogP contribution in [0.5, 0.6) is 0 Å². The van der Waals surface area contributed by atoms with Gasteiger partial charge in [0.1, 0.15) is 6.10 Å². The number of carbonyl (C=O) groups excluding carboxylic acids is 2. The highest BCUT2D eigenvalue weighted by atomic mass is 16.7. The van der Waals surface area contributed by atoms with Crippen LogP contribution >= 0.6 is 0 Å². The molecule has 3 saturated heterocycles. The number of cyclic esters (lactones) is 1. The molecular weight excluding hydrogens is 316 g/mol. The molecule has 7 nitrogen and oxygen atoms in total. The third-order valence-electron chi connectivity index (χ3n) is 7.21. The summed E-state index contributed by atoms with van der Waals surface area (Å²) in [5.74, 6) is -1.83. The summed E-state index contributed by atoms with van der Waals surface area (Å²) in [6.07, 6.45) is 0.351. The van der Waals surface area contributed by atoms with E-state index in [2.05, 4.69) is 0 Å². The molecule has 24 heavy (non-hydrogen) atoms. The molecule has 1 saturated carbocycles. The van der Waals surface area contributed by atoms with Gasteiger partial charge in [0.25, 0.3) is 0 Å². The number of hydrogen-bond acceptors (Lipinski definition) is 7. The Bertz CT molecular complexity index is 591. The van der Waals surface area contributed by atoms with Crippen molar-refractivity contribution < 1.29 is 34.0 Å². The summed E-state index contributed by atoms with van der Waals surface area (Å²) in [6.45, 7) is 3.80. The van der Waals surface area contributed by atoms with Gasteiger partial charge in [-0.3, -0.25) is 4.79 Å². The molecule has 4 rings (SSSR count). The van der Waals surface area contributed by atoms with E-state index in [1.165, 1.54) is 0 Å². The van der Waals surface area contributed by atoms with Crippen molar-refractivity contribution in [3.8, 4) is 0 Å². The fourth-order valence-corrected chi connectivity index (χ4v) is 6.04. The smallest absolute Gasteiger partial charge is 0.339 e. The van der Waals surface area contributed by atoms with Gasteiger partial charge in [-0.25, -0.2) is 4.79 Å². The average molecular weight is 340 g/mol. The highest BCUT2D eigenvalue weighted by Crippen LogP contribution is 2.72. The third kappa shape index (κ3) is 1.54. The summed E-state index contributed by atoms with van der Waals surface area (Å²) in [5, 5.41) is 20.5. The average Bonchev–Trinajstić information content (AvgIpc) is 3.01. The van der Waals surface area contributed by atoms with E-state index in [4.69, 9.17) is 14.2 Å². The Hall–Kier alpha value is -1.18. The molecule has 3 heterocycles. The van der Waals surface area contributed by atoms with Gasteiger partial charge in [0.2, 0.25) is 0 Å². The van der Waals surface area contributed by atoms with Crippen LogP contribution in [0.25, 0.3) is 0 Å². The van der Waals surface area contributed by atoms with Crippen LogP contribution < -0.4 is 0 Å². The molecule has 2 bridgehead atoms. The van der Waals surface area contributed by atoms with Crippen molar-refractivity contribution in [2.75, 3.05) is 13.2 Å². The van der Waals surface area contributed by atoms with Crippen molar-refractivity contribution in [3.05, 3.63) is 0 Å². The second kappa shape index (κ2) is 4.93. The first kappa shape index (κ1) is 16.3. The molecule has 0 aromatic rings. The summed E-state index contributed by atoms with van der Waals surface area (Å²) in [4.78, 5) is 25.1. The number of aliphatic hydroxyl groups is 2. The molecule has 2 N–H and O–H groups in total. The Morgan fingerprint density at radius 1 is 1.33 bits per heavy atom. The van der Waals surface area contributed by atoms with E-state index >= 15 is 0 Å². The van der Waals surface area contributed by atoms with E-state index in [1.807, 2.05) is 6.92 Å². The zero-order chi connectivity index (χ0) is 17.3. The van der Waals surface area contributed by atoms with Gasteiger partial charge in [-0.15, -0.1) is 0 Å². The lowest BCUT2D eigenvalue weighted by Crippen LogP contribution is -2.58. The van der Waals surface area contributed by atoms with Crippen molar-refractivity contribution in [1.29, 1.82) is 0 Å². The molecule has 0 aromatic carbocycles. The molecule has 1 aliphatic carbocycles. The summed E-state index contributed by atoms with van der Waals surface area (Å²) in [6, 6.07) is 0. The Morgan fingerprint density at radius 3 is 2.79 bits per heavy atom.